The molecule has 0 unspecified atom stereocenters. The second kappa shape index (κ2) is 10.7. The van der Waals surface area contributed by atoms with Gasteiger partial charge in [0.25, 0.3) is 0 Å². The average molecular weight is 327 g/mol. The number of methoxy groups -OCH3 is 1. The fourth-order valence-corrected chi connectivity index (χ4v) is 2.59. The van der Waals surface area contributed by atoms with Gasteiger partial charge in [-0.05, 0) is 36.2 Å². The van der Waals surface area contributed by atoms with Crippen LogP contribution in [0.3, 0.4) is 0 Å². The van der Waals surface area contributed by atoms with Crippen LogP contribution in [0.15, 0.2) is 48.5 Å². The highest BCUT2D eigenvalue weighted by atomic mass is 16.5. The molecule has 0 saturated carbocycles. The Bertz CT molecular complexity index is 584. The molecule has 0 aliphatic heterocycles. The van der Waals surface area contributed by atoms with Crippen LogP contribution in [-0.4, -0.2) is 13.7 Å². The largest absolute Gasteiger partial charge is 0.493 e. The fourth-order valence-electron chi connectivity index (χ4n) is 2.59. The molecule has 3 nitrogen and oxygen atoms in total. The SMILES string of the molecule is CCCCCCNCc1ccc(OCc2ccccc2)c(OC)c1. The third kappa shape index (κ3) is 6.25. The quantitative estimate of drug-likeness (QED) is 0.593. The molecule has 0 radical (unpaired) electrons. The van der Waals surface area contributed by atoms with Crippen molar-refractivity contribution in [1.29, 1.82) is 0 Å². The lowest BCUT2D eigenvalue weighted by molar-refractivity contribution is 0.284. The summed E-state index contributed by atoms with van der Waals surface area (Å²) in [4.78, 5) is 0. The van der Waals surface area contributed by atoms with E-state index in [-0.39, 0.29) is 0 Å². The second-order valence-electron chi connectivity index (χ2n) is 6.00. The third-order valence-corrected chi connectivity index (χ3v) is 4.00. The maximum atomic E-state index is 5.89. The van der Waals surface area contributed by atoms with Crippen LogP contribution in [0, 0.1) is 0 Å². The minimum atomic E-state index is 0.548. The summed E-state index contributed by atoms with van der Waals surface area (Å²) < 4.78 is 11.4. The maximum absolute atomic E-state index is 5.89. The summed E-state index contributed by atoms with van der Waals surface area (Å²) in [5.41, 5.74) is 2.37. The number of hydrogen-bond donors (Lipinski definition) is 1. The topological polar surface area (TPSA) is 30.5 Å². The molecular weight excluding hydrogens is 298 g/mol. The van der Waals surface area contributed by atoms with Gasteiger partial charge in [-0.15, -0.1) is 0 Å². The van der Waals surface area contributed by atoms with E-state index in [0.717, 1.165) is 30.2 Å². The van der Waals surface area contributed by atoms with Crippen LogP contribution >= 0.6 is 0 Å². The molecule has 1 N–H and O–H groups in total. The van der Waals surface area contributed by atoms with Gasteiger partial charge in [-0.25, -0.2) is 0 Å². The zero-order chi connectivity index (χ0) is 17.0. The fraction of sp³-hybridized carbons (Fsp3) is 0.429. The first-order chi connectivity index (χ1) is 11.8. The van der Waals surface area contributed by atoms with Gasteiger partial charge in [-0.3, -0.25) is 0 Å². The van der Waals surface area contributed by atoms with Gasteiger partial charge >= 0.3 is 0 Å². The van der Waals surface area contributed by atoms with E-state index in [1.807, 2.05) is 24.3 Å². The summed E-state index contributed by atoms with van der Waals surface area (Å²) in [7, 11) is 1.69. The Morgan fingerprint density at radius 2 is 1.71 bits per heavy atom. The van der Waals surface area contributed by atoms with Crippen molar-refractivity contribution < 1.29 is 9.47 Å². The number of hydrogen-bond acceptors (Lipinski definition) is 3. The minimum absolute atomic E-state index is 0.548. The number of benzene rings is 2. The highest BCUT2D eigenvalue weighted by Crippen LogP contribution is 2.28. The lowest BCUT2D eigenvalue weighted by Crippen LogP contribution is -2.14. The van der Waals surface area contributed by atoms with Crippen LogP contribution in [0.25, 0.3) is 0 Å². The van der Waals surface area contributed by atoms with Gasteiger partial charge in [-0.2, -0.15) is 0 Å². The molecule has 0 amide bonds. The molecule has 2 rings (SSSR count). The number of unbranched alkanes of at least 4 members (excludes halogenated alkanes) is 3. The van der Waals surface area contributed by atoms with E-state index >= 15 is 0 Å². The van der Waals surface area contributed by atoms with E-state index in [4.69, 9.17) is 9.47 Å². The molecule has 0 aromatic heterocycles. The number of rotatable bonds is 11. The molecule has 0 saturated heterocycles. The Morgan fingerprint density at radius 1 is 0.875 bits per heavy atom. The molecule has 0 spiro atoms. The molecule has 2 aromatic carbocycles. The molecule has 2 aromatic rings. The first kappa shape index (κ1) is 18.3. The zero-order valence-corrected chi connectivity index (χ0v) is 14.9. The molecule has 130 valence electrons. The van der Waals surface area contributed by atoms with Crippen LogP contribution in [-0.2, 0) is 13.2 Å². The Morgan fingerprint density at radius 3 is 2.46 bits per heavy atom. The van der Waals surface area contributed by atoms with Crippen molar-refractivity contribution in [2.45, 2.75) is 45.8 Å². The molecule has 0 fully saturated rings. The molecule has 24 heavy (non-hydrogen) atoms. The molecular formula is C21H29NO2. The average Bonchev–Trinajstić information content (AvgIpc) is 2.64. The Balaban J connectivity index is 1.83. The zero-order valence-electron chi connectivity index (χ0n) is 14.9. The van der Waals surface area contributed by atoms with Crippen LogP contribution in [0.2, 0.25) is 0 Å². The van der Waals surface area contributed by atoms with Crippen molar-refractivity contribution in [1.82, 2.24) is 5.32 Å². The van der Waals surface area contributed by atoms with Crippen LogP contribution in [0.1, 0.15) is 43.7 Å². The molecule has 0 aliphatic rings. The van der Waals surface area contributed by atoms with Crippen molar-refractivity contribution in [2.75, 3.05) is 13.7 Å². The first-order valence-corrected chi connectivity index (χ1v) is 8.88. The van der Waals surface area contributed by atoms with Gasteiger partial charge in [0.15, 0.2) is 11.5 Å². The monoisotopic (exact) mass is 327 g/mol. The van der Waals surface area contributed by atoms with Gasteiger partial charge in [0, 0.05) is 6.54 Å². The van der Waals surface area contributed by atoms with E-state index in [1.165, 1.54) is 31.2 Å². The predicted molar refractivity (Wildman–Crippen MR) is 99.6 cm³/mol. The standard InChI is InChI=1S/C21H29NO2/c1-3-4-5-9-14-22-16-19-12-13-20(21(15-19)23-2)24-17-18-10-7-6-8-11-18/h6-8,10-13,15,22H,3-5,9,14,16-17H2,1-2H3. The third-order valence-electron chi connectivity index (χ3n) is 4.00. The molecule has 0 aliphatic carbocycles. The molecule has 0 heterocycles. The summed E-state index contributed by atoms with van der Waals surface area (Å²) in [6.45, 7) is 4.71. The van der Waals surface area contributed by atoms with E-state index in [1.54, 1.807) is 7.11 Å². The van der Waals surface area contributed by atoms with Crippen LogP contribution in [0.4, 0.5) is 0 Å². The van der Waals surface area contributed by atoms with Gasteiger partial charge < -0.3 is 14.8 Å². The minimum Gasteiger partial charge on any atom is -0.493 e. The maximum Gasteiger partial charge on any atom is 0.161 e. The summed E-state index contributed by atoms with van der Waals surface area (Å²) in [5, 5.41) is 3.49. The number of ether oxygens (including phenoxy) is 2. The van der Waals surface area contributed by atoms with Gasteiger partial charge in [0.2, 0.25) is 0 Å². The molecule has 3 heteroatoms. The van der Waals surface area contributed by atoms with Crippen molar-refractivity contribution in [3.05, 3.63) is 59.7 Å². The Hall–Kier alpha value is -2.00. The summed E-state index contributed by atoms with van der Waals surface area (Å²) >= 11 is 0. The lowest BCUT2D eigenvalue weighted by Gasteiger charge is -2.13. The summed E-state index contributed by atoms with van der Waals surface area (Å²) in [6, 6.07) is 16.3. The van der Waals surface area contributed by atoms with Crippen LogP contribution in [0.5, 0.6) is 11.5 Å². The van der Waals surface area contributed by atoms with Crippen molar-refractivity contribution >= 4 is 0 Å². The molecule has 0 bridgehead atoms. The highest BCUT2D eigenvalue weighted by molar-refractivity contribution is 5.43. The predicted octanol–water partition coefficient (Wildman–Crippen LogP) is 4.94. The van der Waals surface area contributed by atoms with Gasteiger partial charge in [0.1, 0.15) is 6.61 Å². The molecule has 0 atom stereocenters. The van der Waals surface area contributed by atoms with E-state index in [9.17, 15) is 0 Å². The van der Waals surface area contributed by atoms with Gasteiger partial charge in [-0.1, -0.05) is 62.6 Å². The summed E-state index contributed by atoms with van der Waals surface area (Å²) in [5.74, 6) is 1.57. The first-order valence-electron chi connectivity index (χ1n) is 8.88. The Labute approximate surface area is 146 Å². The van der Waals surface area contributed by atoms with E-state index < -0.39 is 0 Å². The number of nitrogens with one attached hydrogen (secondary N) is 1. The van der Waals surface area contributed by atoms with E-state index in [0.29, 0.717) is 6.61 Å². The van der Waals surface area contributed by atoms with Crippen LogP contribution < -0.4 is 14.8 Å². The van der Waals surface area contributed by atoms with Crippen molar-refractivity contribution in [3.63, 3.8) is 0 Å². The summed E-state index contributed by atoms with van der Waals surface area (Å²) in [6.07, 6.45) is 5.15. The van der Waals surface area contributed by atoms with Gasteiger partial charge in [0.05, 0.1) is 7.11 Å². The lowest BCUT2D eigenvalue weighted by atomic mass is 10.2. The highest BCUT2D eigenvalue weighted by Gasteiger charge is 2.06. The van der Waals surface area contributed by atoms with E-state index in [2.05, 4.69) is 36.5 Å². The van der Waals surface area contributed by atoms with Crippen molar-refractivity contribution in [3.8, 4) is 11.5 Å². The smallest absolute Gasteiger partial charge is 0.161 e. The normalized spacial score (nSPS) is 10.6. The Kier molecular flexibility index (Phi) is 8.19. The van der Waals surface area contributed by atoms with Crippen molar-refractivity contribution in [2.24, 2.45) is 0 Å². The second-order valence-corrected chi connectivity index (χ2v) is 6.00.